The quantitative estimate of drug-likeness (QED) is 0.764. The van der Waals surface area contributed by atoms with E-state index in [-0.39, 0.29) is 11.9 Å². The second-order valence-corrected chi connectivity index (χ2v) is 5.13. The first-order valence-corrected chi connectivity index (χ1v) is 7.03. The number of ether oxygens (including phenoxy) is 1. The number of nitrogens with zero attached hydrogens (tertiary/aromatic N) is 1. The number of hydrogen-bond acceptors (Lipinski definition) is 4. The van der Waals surface area contributed by atoms with E-state index in [0.29, 0.717) is 19.4 Å². The molecule has 0 saturated carbocycles. The zero-order valence-electron chi connectivity index (χ0n) is 11.3. The number of aliphatic carboxylic acids is 1. The van der Waals surface area contributed by atoms with E-state index < -0.39 is 18.2 Å². The number of rotatable bonds is 4. The molecule has 1 amide bonds. The molecule has 0 aromatic heterocycles. The van der Waals surface area contributed by atoms with E-state index in [1.165, 1.54) is 0 Å². The van der Waals surface area contributed by atoms with E-state index in [4.69, 9.17) is 9.84 Å². The number of hydrogen-bond donors (Lipinski definition) is 2. The zero-order valence-corrected chi connectivity index (χ0v) is 11.3. The molecule has 2 unspecified atom stereocenters. The van der Waals surface area contributed by atoms with Gasteiger partial charge in [-0.15, -0.1) is 0 Å². The third-order valence-corrected chi connectivity index (χ3v) is 3.94. The van der Waals surface area contributed by atoms with Crippen LogP contribution in [0.3, 0.4) is 0 Å². The fourth-order valence-electron chi connectivity index (χ4n) is 2.90. The van der Waals surface area contributed by atoms with Crippen molar-refractivity contribution < 1.29 is 19.4 Å². The molecule has 0 bridgehead atoms. The lowest BCUT2D eigenvalue weighted by atomic mass is 10.0. The van der Waals surface area contributed by atoms with Gasteiger partial charge < -0.3 is 20.1 Å². The third-order valence-electron chi connectivity index (χ3n) is 3.94. The molecule has 0 aromatic rings. The van der Waals surface area contributed by atoms with Crippen LogP contribution in [0.5, 0.6) is 0 Å². The maximum Gasteiger partial charge on any atom is 0.332 e. The lowest BCUT2D eigenvalue weighted by Gasteiger charge is -2.35. The molecule has 2 N–H and O–H groups in total. The summed E-state index contributed by atoms with van der Waals surface area (Å²) in [5.74, 6) is -1.02. The smallest absolute Gasteiger partial charge is 0.332 e. The van der Waals surface area contributed by atoms with Gasteiger partial charge in [0.2, 0.25) is 0 Å². The molecule has 0 aromatic carbocycles. The maximum atomic E-state index is 12.4. The van der Waals surface area contributed by atoms with Crippen LogP contribution in [0.2, 0.25) is 0 Å². The van der Waals surface area contributed by atoms with Crippen LogP contribution in [-0.4, -0.2) is 59.8 Å². The van der Waals surface area contributed by atoms with Gasteiger partial charge in [-0.05, 0) is 45.7 Å². The van der Waals surface area contributed by atoms with E-state index in [1.807, 2.05) is 11.8 Å². The number of carbonyl (C=O) groups excluding carboxylic acids is 1. The lowest BCUT2D eigenvalue weighted by Crippen LogP contribution is -2.49. The average molecular weight is 270 g/mol. The van der Waals surface area contributed by atoms with Crippen molar-refractivity contribution in [2.24, 2.45) is 0 Å². The van der Waals surface area contributed by atoms with Crippen LogP contribution in [0, 0.1) is 0 Å². The second-order valence-electron chi connectivity index (χ2n) is 5.13. The van der Waals surface area contributed by atoms with Crippen molar-refractivity contribution in [1.82, 2.24) is 10.2 Å². The number of nitrogens with one attached hydrogen (secondary N) is 1. The Morgan fingerprint density at radius 1 is 1.21 bits per heavy atom. The summed E-state index contributed by atoms with van der Waals surface area (Å²) in [6.07, 6.45) is 1.45. The summed E-state index contributed by atoms with van der Waals surface area (Å²) in [6, 6.07) is 0.256. The van der Waals surface area contributed by atoms with Crippen LogP contribution in [0.4, 0.5) is 0 Å². The van der Waals surface area contributed by atoms with Gasteiger partial charge in [-0.2, -0.15) is 0 Å². The average Bonchev–Trinajstić information content (AvgIpc) is 2.90. The van der Waals surface area contributed by atoms with Gasteiger partial charge in [-0.3, -0.25) is 4.79 Å². The van der Waals surface area contributed by atoms with Crippen molar-refractivity contribution in [3.05, 3.63) is 0 Å². The van der Waals surface area contributed by atoms with Gasteiger partial charge in [0.1, 0.15) is 6.10 Å². The highest BCUT2D eigenvalue weighted by atomic mass is 16.5. The number of piperidine rings is 1. The van der Waals surface area contributed by atoms with Crippen molar-refractivity contribution in [2.75, 3.05) is 19.6 Å². The summed E-state index contributed by atoms with van der Waals surface area (Å²) >= 11 is 0. The zero-order chi connectivity index (χ0) is 13.8. The van der Waals surface area contributed by atoms with Gasteiger partial charge >= 0.3 is 5.97 Å². The molecule has 2 aliphatic rings. The minimum atomic E-state index is -0.972. The van der Waals surface area contributed by atoms with E-state index in [2.05, 4.69) is 5.32 Å². The molecular formula is C13H22N2O4. The Balaban J connectivity index is 1.95. The summed E-state index contributed by atoms with van der Waals surface area (Å²) in [7, 11) is 0. The predicted octanol–water partition coefficient (Wildman–Crippen LogP) is 0.219. The summed E-state index contributed by atoms with van der Waals surface area (Å²) in [6.45, 7) is 4.47. The van der Waals surface area contributed by atoms with Crippen LogP contribution >= 0.6 is 0 Å². The number of carboxylic acid groups (broad SMARTS) is 1. The summed E-state index contributed by atoms with van der Waals surface area (Å²) in [5.41, 5.74) is 0. The molecule has 0 spiro atoms. The van der Waals surface area contributed by atoms with Gasteiger partial charge in [0, 0.05) is 12.6 Å². The number of carboxylic acids is 1. The lowest BCUT2D eigenvalue weighted by molar-refractivity contribution is -0.155. The first-order chi connectivity index (χ1) is 9.13. The Kier molecular flexibility index (Phi) is 4.76. The van der Waals surface area contributed by atoms with Crippen LogP contribution in [0.1, 0.15) is 32.6 Å². The minimum Gasteiger partial charge on any atom is -0.479 e. The van der Waals surface area contributed by atoms with Gasteiger partial charge in [0.15, 0.2) is 6.10 Å². The molecule has 0 aliphatic carbocycles. The third kappa shape index (κ3) is 3.25. The minimum absolute atomic E-state index is 0.0434. The molecule has 2 saturated heterocycles. The second kappa shape index (κ2) is 6.34. The fourth-order valence-corrected chi connectivity index (χ4v) is 2.90. The van der Waals surface area contributed by atoms with Crippen LogP contribution in [-0.2, 0) is 14.3 Å². The van der Waals surface area contributed by atoms with Crippen LogP contribution < -0.4 is 5.32 Å². The number of amides is 1. The Hall–Kier alpha value is -1.14. The molecule has 2 rings (SSSR count). The highest BCUT2D eigenvalue weighted by Crippen LogP contribution is 2.23. The van der Waals surface area contributed by atoms with E-state index in [0.717, 1.165) is 25.9 Å². The Bertz CT molecular complexity index is 342. The molecule has 2 aliphatic heterocycles. The van der Waals surface area contributed by atoms with Crippen molar-refractivity contribution >= 4 is 11.9 Å². The Morgan fingerprint density at radius 2 is 1.84 bits per heavy atom. The molecule has 2 atom stereocenters. The summed E-state index contributed by atoms with van der Waals surface area (Å²) in [5, 5.41) is 12.2. The Morgan fingerprint density at radius 3 is 2.37 bits per heavy atom. The molecule has 19 heavy (non-hydrogen) atoms. The van der Waals surface area contributed by atoms with Crippen LogP contribution in [0.15, 0.2) is 0 Å². The SMILES string of the molecule is CCN(C(=O)C1CCC(C(=O)O)O1)C1CCNCC1. The van der Waals surface area contributed by atoms with Crippen molar-refractivity contribution in [1.29, 1.82) is 0 Å². The molecular weight excluding hydrogens is 248 g/mol. The van der Waals surface area contributed by atoms with Gasteiger partial charge in [-0.1, -0.05) is 0 Å². The molecule has 6 nitrogen and oxygen atoms in total. The van der Waals surface area contributed by atoms with Crippen molar-refractivity contribution in [2.45, 2.75) is 50.9 Å². The first-order valence-electron chi connectivity index (χ1n) is 7.03. The normalized spacial score (nSPS) is 28.3. The van der Waals surface area contributed by atoms with E-state index in [1.54, 1.807) is 0 Å². The van der Waals surface area contributed by atoms with Gasteiger partial charge in [-0.25, -0.2) is 4.79 Å². The number of likely N-dealkylation sites (N-methyl/N-ethyl adjacent to an activating group) is 1. The summed E-state index contributed by atoms with van der Waals surface area (Å²) < 4.78 is 5.35. The topological polar surface area (TPSA) is 78.9 Å². The summed E-state index contributed by atoms with van der Waals surface area (Å²) in [4.78, 5) is 25.1. The highest BCUT2D eigenvalue weighted by molar-refractivity contribution is 5.83. The Labute approximate surface area is 113 Å². The standard InChI is InChI=1S/C13H22N2O4/c1-2-15(9-5-7-14-8-6-9)12(16)10-3-4-11(19-10)13(17)18/h9-11,14H,2-8H2,1H3,(H,17,18). The molecule has 2 heterocycles. The predicted molar refractivity (Wildman–Crippen MR) is 68.8 cm³/mol. The largest absolute Gasteiger partial charge is 0.479 e. The molecule has 0 radical (unpaired) electrons. The van der Waals surface area contributed by atoms with E-state index >= 15 is 0 Å². The highest BCUT2D eigenvalue weighted by Gasteiger charge is 2.38. The van der Waals surface area contributed by atoms with Gasteiger partial charge in [0.05, 0.1) is 0 Å². The van der Waals surface area contributed by atoms with Crippen molar-refractivity contribution in [3.63, 3.8) is 0 Å². The maximum absolute atomic E-state index is 12.4. The fraction of sp³-hybridized carbons (Fsp3) is 0.846. The monoisotopic (exact) mass is 270 g/mol. The van der Waals surface area contributed by atoms with Crippen LogP contribution in [0.25, 0.3) is 0 Å². The molecule has 6 heteroatoms. The van der Waals surface area contributed by atoms with E-state index in [9.17, 15) is 9.59 Å². The van der Waals surface area contributed by atoms with Crippen molar-refractivity contribution in [3.8, 4) is 0 Å². The first kappa shape index (κ1) is 14.3. The number of carbonyl (C=O) groups is 2. The molecule has 2 fully saturated rings. The van der Waals surface area contributed by atoms with Gasteiger partial charge in [0.25, 0.3) is 5.91 Å². The molecule has 108 valence electrons.